The minimum Gasteiger partial charge on any atom is -0.496 e. The molecule has 29 heavy (non-hydrogen) atoms. The summed E-state index contributed by atoms with van der Waals surface area (Å²) in [5.74, 6) is 0.532. The van der Waals surface area contributed by atoms with Crippen LogP contribution in [0, 0.1) is 0 Å². The van der Waals surface area contributed by atoms with Gasteiger partial charge in [0.2, 0.25) is 15.9 Å². The third-order valence-electron chi connectivity index (χ3n) is 6.15. The number of carbonyl (C=O) groups excluding carboxylic acids is 1. The molecule has 0 aromatic heterocycles. The van der Waals surface area contributed by atoms with Crippen LogP contribution in [-0.4, -0.2) is 68.0 Å². The third kappa shape index (κ3) is 4.92. The van der Waals surface area contributed by atoms with Gasteiger partial charge in [-0.2, -0.15) is 4.31 Å². The highest BCUT2D eigenvalue weighted by molar-refractivity contribution is 7.89. The van der Waals surface area contributed by atoms with Crippen molar-refractivity contribution >= 4 is 15.9 Å². The van der Waals surface area contributed by atoms with Crippen molar-refractivity contribution in [1.29, 1.82) is 0 Å². The van der Waals surface area contributed by atoms with Gasteiger partial charge in [-0.25, -0.2) is 8.42 Å². The molecule has 1 heterocycles. The largest absolute Gasteiger partial charge is 0.496 e. The highest BCUT2D eigenvalue weighted by atomic mass is 32.2. The summed E-state index contributed by atoms with van der Waals surface area (Å²) in [6, 6.07) is 4.73. The lowest BCUT2D eigenvalue weighted by atomic mass is 9.91. The van der Waals surface area contributed by atoms with Crippen LogP contribution >= 0.6 is 0 Å². The number of hydrogen-bond donors (Lipinski definition) is 1. The molecular weight excluding hydrogens is 392 g/mol. The van der Waals surface area contributed by atoms with E-state index in [1.165, 1.54) is 4.31 Å². The number of nitrogens with zero attached hydrogens (tertiary/aromatic N) is 2. The van der Waals surface area contributed by atoms with Crippen molar-refractivity contribution in [1.82, 2.24) is 9.21 Å². The van der Waals surface area contributed by atoms with Crippen LogP contribution in [0.15, 0.2) is 23.1 Å². The number of sulfonamides is 1. The summed E-state index contributed by atoms with van der Waals surface area (Å²) in [6.45, 7) is 1.10. The van der Waals surface area contributed by atoms with Crippen molar-refractivity contribution in [2.75, 3.05) is 27.2 Å². The molecule has 0 unspecified atom stereocenters. The first-order chi connectivity index (χ1) is 13.8. The van der Waals surface area contributed by atoms with Crippen molar-refractivity contribution in [2.45, 2.75) is 68.4 Å². The molecule has 1 saturated carbocycles. The number of amides is 1. The number of aliphatic hydroxyl groups excluding tert-OH is 1. The molecule has 0 spiro atoms. The first kappa shape index (κ1) is 22.1. The molecular formula is C21H32N2O5S. The Morgan fingerprint density at radius 3 is 2.55 bits per heavy atom. The van der Waals surface area contributed by atoms with E-state index in [-0.39, 0.29) is 23.3 Å². The summed E-state index contributed by atoms with van der Waals surface area (Å²) in [5.41, 5.74) is 0.707. The van der Waals surface area contributed by atoms with E-state index in [2.05, 4.69) is 0 Å². The van der Waals surface area contributed by atoms with E-state index in [0.717, 1.165) is 38.5 Å². The van der Waals surface area contributed by atoms with Gasteiger partial charge in [0.15, 0.2) is 0 Å². The molecule has 2 fully saturated rings. The first-order valence-corrected chi connectivity index (χ1v) is 11.9. The molecule has 0 radical (unpaired) electrons. The molecule has 1 amide bonds. The molecule has 1 saturated heterocycles. The SMILES string of the molecule is COc1ccc(S(=O)(=O)N2CCCC2)cc1CCC(=O)N(C)[C@@H]1CCCC[C@H]1O. The fourth-order valence-electron chi connectivity index (χ4n) is 4.33. The van der Waals surface area contributed by atoms with Crippen LogP contribution < -0.4 is 4.74 Å². The Bertz CT molecular complexity index is 820. The number of aryl methyl sites for hydroxylation is 1. The Morgan fingerprint density at radius 2 is 1.90 bits per heavy atom. The first-order valence-electron chi connectivity index (χ1n) is 10.5. The van der Waals surface area contributed by atoms with Crippen molar-refractivity contribution in [3.63, 3.8) is 0 Å². The highest BCUT2D eigenvalue weighted by Gasteiger charge is 2.30. The van der Waals surface area contributed by atoms with Crippen molar-refractivity contribution < 1.29 is 23.1 Å². The molecule has 1 aliphatic heterocycles. The van der Waals surface area contributed by atoms with Crippen LogP contribution in [-0.2, 0) is 21.2 Å². The number of hydrogen-bond acceptors (Lipinski definition) is 5. The lowest BCUT2D eigenvalue weighted by Crippen LogP contribution is -2.46. The number of ether oxygens (including phenoxy) is 1. The number of aliphatic hydroxyl groups is 1. The number of rotatable bonds is 7. The van der Waals surface area contributed by atoms with Crippen molar-refractivity contribution in [2.24, 2.45) is 0 Å². The van der Waals surface area contributed by atoms with Crippen LogP contribution in [0.3, 0.4) is 0 Å². The maximum atomic E-state index is 12.9. The van der Waals surface area contributed by atoms with Gasteiger partial charge in [0, 0.05) is 26.6 Å². The minimum atomic E-state index is -3.52. The fraction of sp³-hybridized carbons (Fsp3) is 0.667. The maximum absolute atomic E-state index is 12.9. The third-order valence-corrected chi connectivity index (χ3v) is 8.04. The van der Waals surface area contributed by atoms with Crippen LogP contribution in [0.4, 0.5) is 0 Å². The average Bonchev–Trinajstić information content (AvgIpc) is 3.27. The van der Waals surface area contributed by atoms with Gasteiger partial charge in [0.1, 0.15) is 5.75 Å². The van der Waals surface area contributed by atoms with Crippen LogP contribution in [0.2, 0.25) is 0 Å². The topological polar surface area (TPSA) is 87.2 Å². The molecule has 3 rings (SSSR count). The molecule has 1 N–H and O–H groups in total. The second-order valence-corrected chi connectivity index (χ2v) is 9.95. The predicted octanol–water partition coefficient (Wildman–Crippen LogP) is 2.17. The van der Waals surface area contributed by atoms with E-state index < -0.39 is 16.1 Å². The number of benzene rings is 1. The monoisotopic (exact) mass is 424 g/mol. The summed E-state index contributed by atoms with van der Waals surface area (Å²) in [7, 11) is -0.232. The van der Waals surface area contributed by atoms with Gasteiger partial charge in [0.05, 0.1) is 24.2 Å². The predicted molar refractivity (Wildman–Crippen MR) is 110 cm³/mol. The molecule has 1 aromatic carbocycles. The van der Waals surface area contributed by atoms with E-state index in [1.807, 2.05) is 0 Å². The number of likely N-dealkylation sites (N-methyl/N-ethyl adjacent to an activating group) is 1. The molecule has 2 aliphatic rings. The van der Waals surface area contributed by atoms with Gasteiger partial charge in [-0.05, 0) is 55.9 Å². The Kier molecular flexibility index (Phi) is 7.19. The van der Waals surface area contributed by atoms with E-state index in [9.17, 15) is 18.3 Å². The molecule has 162 valence electrons. The summed E-state index contributed by atoms with van der Waals surface area (Å²) in [6.07, 6.45) is 5.48. The van der Waals surface area contributed by atoms with Crippen molar-refractivity contribution in [3.05, 3.63) is 23.8 Å². The smallest absolute Gasteiger partial charge is 0.243 e. The Labute approximate surface area is 173 Å². The number of methoxy groups -OCH3 is 1. The molecule has 7 nitrogen and oxygen atoms in total. The lowest BCUT2D eigenvalue weighted by molar-refractivity contribution is -0.135. The Balaban J connectivity index is 1.71. The van der Waals surface area contributed by atoms with E-state index in [4.69, 9.17) is 4.74 Å². The fourth-order valence-corrected chi connectivity index (χ4v) is 5.90. The normalized spacial score (nSPS) is 23.1. The lowest BCUT2D eigenvalue weighted by Gasteiger charge is -2.35. The summed E-state index contributed by atoms with van der Waals surface area (Å²) in [4.78, 5) is 14.6. The molecule has 2 atom stereocenters. The van der Waals surface area contributed by atoms with Crippen molar-refractivity contribution in [3.8, 4) is 5.75 Å². The minimum absolute atomic E-state index is 0.0502. The van der Waals surface area contributed by atoms with Crippen LogP contribution in [0.5, 0.6) is 5.75 Å². The van der Waals surface area contributed by atoms with E-state index in [0.29, 0.717) is 30.8 Å². The average molecular weight is 425 g/mol. The zero-order valence-corrected chi connectivity index (χ0v) is 18.2. The standard InChI is InChI=1S/C21H32N2O5S/c1-22(18-7-3-4-8-19(18)24)21(25)12-9-16-15-17(10-11-20(16)28-2)29(26,27)23-13-5-6-14-23/h10-11,15,18-19,24H,3-9,12-14H2,1-2H3/t18-,19-/m1/s1. The Hall–Kier alpha value is -1.64. The Morgan fingerprint density at radius 1 is 1.21 bits per heavy atom. The summed E-state index contributed by atoms with van der Waals surface area (Å²) in [5, 5.41) is 10.2. The van der Waals surface area contributed by atoms with Gasteiger partial charge in [-0.3, -0.25) is 4.79 Å². The molecule has 0 bridgehead atoms. The second-order valence-electron chi connectivity index (χ2n) is 8.01. The highest BCUT2D eigenvalue weighted by Crippen LogP contribution is 2.28. The van der Waals surface area contributed by atoms with Gasteiger partial charge in [0.25, 0.3) is 0 Å². The quantitative estimate of drug-likeness (QED) is 0.725. The summed E-state index contributed by atoms with van der Waals surface area (Å²) >= 11 is 0. The van der Waals surface area contributed by atoms with Crippen LogP contribution in [0.1, 0.15) is 50.5 Å². The summed E-state index contributed by atoms with van der Waals surface area (Å²) < 4.78 is 32.6. The van der Waals surface area contributed by atoms with Gasteiger partial charge >= 0.3 is 0 Å². The molecule has 1 aliphatic carbocycles. The molecule has 8 heteroatoms. The van der Waals surface area contributed by atoms with E-state index >= 15 is 0 Å². The maximum Gasteiger partial charge on any atom is 0.243 e. The van der Waals surface area contributed by atoms with Gasteiger partial charge in [-0.1, -0.05) is 12.8 Å². The van der Waals surface area contributed by atoms with Crippen LogP contribution in [0.25, 0.3) is 0 Å². The second kappa shape index (κ2) is 9.45. The van der Waals surface area contributed by atoms with E-state index in [1.54, 1.807) is 37.3 Å². The molecule has 1 aromatic rings. The van der Waals surface area contributed by atoms with Gasteiger partial charge in [-0.15, -0.1) is 0 Å². The zero-order valence-electron chi connectivity index (χ0n) is 17.3. The van der Waals surface area contributed by atoms with Gasteiger partial charge < -0.3 is 14.7 Å². The number of carbonyl (C=O) groups is 1. The zero-order chi connectivity index (χ0) is 21.0.